The molecule has 0 saturated carbocycles. The van der Waals surface area contributed by atoms with E-state index in [1.165, 1.54) is 16.7 Å². The third-order valence-electron chi connectivity index (χ3n) is 7.12. The summed E-state index contributed by atoms with van der Waals surface area (Å²) in [5, 5.41) is 3.46. The Labute approximate surface area is 220 Å². The van der Waals surface area contributed by atoms with Gasteiger partial charge in [-0.2, -0.15) is 13.2 Å². The summed E-state index contributed by atoms with van der Waals surface area (Å²) in [6.45, 7) is 0.401. The smallest absolute Gasteiger partial charge is 0.416 e. The van der Waals surface area contributed by atoms with Crippen molar-refractivity contribution in [2.24, 2.45) is 7.05 Å². The zero-order valence-corrected chi connectivity index (χ0v) is 21.1. The lowest BCUT2D eigenvalue weighted by Gasteiger charge is -2.33. The molecule has 1 amide bonds. The highest BCUT2D eigenvalue weighted by atomic mass is 19.4. The Morgan fingerprint density at radius 1 is 1.08 bits per heavy atom. The van der Waals surface area contributed by atoms with Crippen LogP contribution in [0.25, 0.3) is 16.5 Å². The number of anilines is 2. The molecule has 1 saturated heterocycles. The second-order valence-corrected chi connectivity index (χ2v) is 9.83. The maximum Gasteiger partial charge on any atom is 0.416 e. The normalized spacial score (nSPS) is 18.4. The second kappa shape index (κ2) is 10.0. The van der Waals surface area contributed by atoms with Crippen LogP contribution in [-0.4, -0.2) is 36.1 Å². The molecule has 3 heterocycles. The van der Waals surface area contributed by atoms with Gasteiger partial charge in [-0.05, 0) is 48.7 Å². The summed E-state index contributed by atoms with van der Waals surface area (Å²) in [4.78, 5) is 27.6. The van der Waals surface area contributed by atoms with Crippen molar-refractivity contribution >= 4 is 33.8 Å². The van der Waals surface area contributed by atoms with Gasteiger partial charge < -0.3 is 19.5 Å². The number of ether oxygens (including phenoxy) is 1. The maximum absolute atomic E-state index is 13.6. The topological polar surface area (TPSA) is 63.6 Å². The summed E-state index contributed by atoms with van der Waals surface area (Å²) >= 11 is 0. The molecule has 0 aliphatic carbocycles. The van der Waals surface area contributed by atoms with E-state index in [4.69, 9.17) is 4.74 Å². The average Bonchev–Trinajstić information content (AvgIpc) is 3.08. The minimum Gasteiger partial charge on any atom is -0.493 e. The lowest BCUT2D eigenvalue weighted by atomic mass is 9.99. The van der Waals surface area contributed by atoms with Crippen LogP contribution in [-0.2, 0) is 18.0 Å². The van der Waals surface area contributed by atoms with Crippen LogP contribution in [0.5, 0.6) is 5.75 Å². The molecule has 5 rings (SSSR count). The first-order chi connectivity index (χ1) is 18.4. The Hall–Kier alpha value is -3.89. The number of aryl methyl sites for hydroxylation is 1. The van der Waals surface area contributed by atoms with Crippen molar-refractivity contribution in [2.45, 2.75) is 37.8 Å². The molecule has 206 valence electrons. The lowest BCUT2D eigenvalue weighted by molar-refractivity contribution is -0.137. The zero-order chi connectivity index (χ0) is 27.9. The van der Waals surface area contributed by atoms with Crippen molar-refractivity contribution in [3.8, 4) is 5.75 Å². The van der Waals surface area contributed by atoms with Crippen molar-refractivity contribution in [1.29, 1.82) is 0 Å². The van der Waals surface area contributed by atoms with Crippen LogP contribution in [0.2, 0.25) is 0 Å². The maximum atomic E-state index is 13.6. The highest BCUT2D eigenvalue weighted by Gasteiger charge is 2.35. The van der Waals surface area contributed by atoms with Crippen LogP contribution in [0.4, 0.5) is 33.3 Å². The highest BCUT2D eigenvalue weighted by Crippen LogP contribution is 2.38. The number of nitrogens with one attached hydrogen (secondary N) is 1. The standard InChI is InChI=1S/C28H26F5N3O3/c1-35-22-16-20(6-4-18(22)13-23(26(35)38)36-10-8-27(29,30)9-11-36)34-25(37)14-17-3-2-12-39-24-15-19(28(31,32)33)5-7-21(17)24/h4-7,13-16H,2-3,8-12H2,1H3,(H,34,37)/b17-14+. The minimum atomic E-state index is -4.51. The molecule has 3 aromatic rings. The van der Waals surface area contributed by atoms with Gasteiger partial charge in [0.05, 0.1) is 17.7 Å². The van der Waals surface area contributed by atoms with E-state index in [1.54, 1.807) is 36.2 Å². The molecule has 1 N–H and O–H groups in total. The van der Waals surface area contributed by atoms with Gasteiger partial charge in [-0.3, -0.25) is 9.59 Å². The van der Waals surface area contributed by atoms with E-state index in [1.807, 2.05) is 0 Å². The summed E-state index contributed by atoms with van der Waals surface area (Å²) < 4.78 is 73.5. The largest absolute Gasteiger partial charge is 0.493 e. The zero-order valence-electron chi connectivity index (χ0n) is 21.1. The van der Waals surface area contributed by atoms with Crippen LogP contribution >= 0.6 is 0 Å². The van der Waals surface area contributed by atoms with E-state index in [0.29, 0.717) is 46.3 Å². The van der Waals surface area contributed by atoms with Crippen molar-refractivity contribution in [3.05, 3.63) is 70.0 Å². The summed E-state index contributed by atoms with van der Waals surface area (Å²) in [6.07, 6.45) is -2.80. The average molecular weight is 548 g/mol. The van der Waals surface area contributed by atoms with E-state index in [9.17, 15) is 31.5 Å². The van der Waals surface area contributed by atoms with E-state index in [-0.39, 0.29) is 43.8 Å². The van der Waals surface area contributed by atoms with Gasteiger partial charge in [0.15, 0.2) is 0 Å². The highest BCUT2D eigenvalue weighted by molar-refractivity contribution is 6.05. The molecule has 0 unspecified atom stereocenters. The Morgan fingerprint density at radius 2 is 1.82 bits per heavy atom. The number of hydrogen-bond acceptors (Lipinski definition) is 4. The van der Waals surface area contributed by atoms with Crippen molar-refractivity contribution in [1.82, 2.24) is 4.57 Å². The number of aromatic nitrogens is 1. The van der Waals surface area contributed by atoms with Gasteiger partial charge in [0, 0.05) is 55.7 Å². The molecule has 0 bridgehead atoms. The van der Waals surface area contributed by atoms with E-state index < -0.39 is 23.6 Å². The molecule has 2 aromatic carbocycles. The van der Waals surface area contributed by atoms with Gasteiger partial charge in [-0.25, -0.2) is 8.78 Å². The summed E-state index contributed by atoms with van der Waals surface area (Å²) in [5.41, 5.74) is 1.15. The molecular formula is C28H26F5N3O3. The second-order valence-electron chi connectivity index (χ2n) is 9.83. The van der Waals surface area contributed by atoms with Gasteiger partial charge in [-0.15, -0.1) is 0 Å². The van der Waals surface area contributed by atoms with Gasteiger partial charge >= 0.3 is 6.18 Å². The molecule has 11 heteroatoms. The van der Waals surface area contributed by atoms with Crippen LogP contribution < -0.4 is 20.5 Å². The predicted octanol–water partition coefficient (Wildman–Crippen LogP) is 5.99. The number of carbonyl (C=O) groups excluding carboxylic acids is 1. The number of carbonyl (C=O) groups is 1. The van der Waals surface area contributed by atoms with Gasteiger partial charge in [-0.1, -0.05) is 12.1 Å². The molecule has 2 aliphatic rings. The number of allylic oxidation sites excluding steroid dienone is 1. The minimum absolute atomic E-state index is 0.0790. The number of halogens is 5. The van der Waals surface area contributed by atoms with Crippen LogP contribution in [0.15, 0.2) is 53.3 Å². The molecular weight excluding hydrogens is 521 g/mol. The molecule has 0 radical (unpaired) electrons. The predicted molar refractivity (Wildman–Crippen MR) is 138 cm³/mol. The summed E-state index contributed by atoms with van der Waals surface area (Å²) in [5.74, 6) is -3.12. The Bertz CT molecular complexity index is 1520. The number of rotatable bonds is 3. The first kappa shape index (κ1) is 26.7. The molecule has 0 atom stereocenters. The first-order valence-electron chi connectivity index (χ1n) is 12.5. The van der Waals surface area contributed by atoms with Gasteiger partial charge in [0.25, 0.3) is 11.5 Å². The van der Waals surface area contributed by atoms with Gasteiger partial charge in [0.2, 0.25) is 5.91 Å². The molecule has 39 heavy (non-hydrogen) atoms. The SMILES string of the molecule is Cn1c(=O)c(N2CCC(F)(F)CC2)cc2ccc(NC(=O)/C=C3\CCCOc4cc(C(F)(F)F)ccc43)cc21. The third kappa shape index (κ3) is 5.62. The monoisotopic (exact) mass is 547 g/mol. The number of nitrogens with zero attached hydrogens (tertiary/aromatic N) is 2. The van der Waals surface area contributed by atoms with E-state index >= 15 is 0 Å². The number of benzene rings is 2. The summed E-state index contributed by atoms with van der Waals surface area (Å²) in [6, 6.07) is 9.93. The molecule has 2 aliphatic heterocycles. The van der Waals surface area contributed by atoms with Crippen LogP contribution in [0, 0.1) is 0 Å². The number of piperidine rings is 1. The third-order valence-corrected chi connectivity index (χ3v) is 7.12. The quantitative estimate of drug-likeness (QED) is 0.323. The number of pyridine rings is 1. The Balaban J connectivity index is 1.39. The molecule has 1 fully saturated rings. The number of amides is 1. The van der Waals surface area contributed by atoms with Crippen molar-refractivity contribution < 1.29 is 31.5 Å². The fourth-order valence-electron chi connectivity index (χ4n) is 4.97. The number of hydrogen-bond donors (Lipinski definition) is 1. The molecule has 1 aromatic heterocycles. The van der Waals surface area contributed by atoms with E-state index in [2.05, 4.69) is 5.32 Å². The first-order valence-corrected chi connectivity index (χ1v) is 12.5. The Morgan fingerprint density at radius 3 is 2.54 bits per heavy atom. The van der Waals surface area contributed by atoms with Gasteiger partial charge in [0.1, 0.15) is 11.4 Å². The number of fused-ring (bicyclic) bond motifs is 2. The number of alkyl halides is 5. The molecule has 0 spiro atoms. The fraction of sp³-hybridized carbons (Fsp3) is 0.357. The lowest BCUT2D eigenvalue weighted by Crippen LogP contribution is -2.42. The van der Waals surface area contributed by atoms with Crippen LogP contribution in [0.1, 0.15) is 36.8 Å². The van der Waals surface area contributed by atoms with Crippen molar-refractivity contribution in [2.75, 3.05) is 29.9 Å². The van der Waals surface area contributed by atoms with E-state index in [0.717, 1.165) is 12.1 Å². The summed E-state index contributed by atoms with van der Waals surface area (Å²) in [7, 11) is 1.58. The fourth-order valence-corrected chi connectivity index (χ4v) is 4.97. The van der Waals surface area contributed by atoms with Crippen LogP contribution in [0.3, 0.4) is 0 Å². The molecule has 6 nitrogen and oxygen atoms in total. The Kier molecular flexibility index (Phi) is 6.86. The van der Waals surface area contributed by atoms with Crippen molar-refractivity contribution in [3.63, 3.8) is 0 Å².